The summed E-state index contributed by atoms with van der Waals surface area (Å²) < 4.78 is 38.8. The van der Waals surface area contributed by atoms with Crippen LogP contribution in [0.4, 0.5) is 5.69 Å². The molecule has 3 aliphatic heterocycles. The molecule has 8 nitrogen and oxygen atoms in total. The lowest BCUT2D eigenvalue weighted by Crippen LogP contribution is -2.35. The number of ether oxygens (including phenoxy) is 2. The maximum absolute atomic E-state index is 12.8. The number of nitrogens with zero attached hydrogens (tertiary/aromatic N) is 2. The van der Waals surface area contributed by atoms with Crippen molar-refractivity contribution in [3.8, 4) is 11.5 Å². The van der Waals surface area contributed by atoms with Gasteiger partial charge in [-0.05, 0) is 74.2 Å². The Kier molecular flexibility index (Phi) is 7.27. The van der Waals surface area contributed by atoms with Gasteiger partial charge < -0.3 is 14.8 Å². The molecule has 3 heterocycles. The van der Waals surface area contributed by atoms with Crippen LogP contribution in [0.25, 0.3) is 0 Å². The van der Waals surface area contributed by atoms with Crippen molar-refractivity contribution >= 4 is 21.6 Å². The molecule has 2 aromatic carbocycles. The van der Waals surface area contributed by atoms with E-state index < -0.39 is 10.0 Å². The van der Waals surface area contributed by atoms with Crippen LogP contribution in [0.5, 0.6) is 11.5 Å². The summed E-state index contributed by atoms with van der Waals surface area (Å²) in [7, 11) is -3.48. The van der Waals surface area contributed by atoms with E-state index in [9.17, 15) is 13.2 Å². The monoisotopic (exact) mass is 499 g/mol. The second-order valence-corrected chi connectivity index (χ2v) is 11.4. The van der Waals surface area contributed by atoms with Gasteiger partial charge in [-0.3, -0.25) is 9.69 Å². The van der Waals surface area contributed by atoms with Crippen LogP contribution in [-0.2, 0) is 14.8 Å². The molecule has 3 aliphatic rings. The number of carbonyl (C=O) groups excluding carboxylic acids is 1. The highest BCUT2D eigenvalue weighted by molar-refractivity contribution is 7.89. The van der Waals surface area contributed by atoms with Crippen LogP contribution in [-0.4, -0.2) is 62.9 Å². The Morgan fingerprint density at radius 1 is 0.886 bits per heavy atom. The van der Waals surface area contributed by atoms with Crippen molar-refractivity contribution in [1.82, 2.24) is 9.21 Å². The number of likely N-dealkylation sites (tertiary alicyclic amines) is 1. The van der Waals surface area contributed by atoms with E-state index >= 15 is 0 Å². The summed E-state index contributed by atoms with van der Waals surface area (Å²) in [6.07, 6.45) is 5.74. The largest absolute Gasteiger partial charge is 0.490 e. The van der Waals surface area contributed by atoms with Crippen LogP contribution in [0.15, 0.2) is 47.4 Å². The van der Waals surface area contributed by atoms with Crippen molar-refractivity contribution in [2.75, 3.05) is 44.7 Å². The molecule has 9 heteroatoms. The summed E-state index contributed by atoms with van der Waals surface area (Å²) in [6.45, 7) is 3.56. The maximum atomic E-state index is 12.8. The third-order valence-electron chi connectivity index (χ3n) is 6.96. The number of anilines is 1. The fraction of sp³-hybridized carbons (Fsp3) is 0.500. The highest BCUT2D eigenvalue weighted by Crippen LogP contribution is 2.37. The van der Waals surface area contributed by atoms with E-state index in [4.69, 9.17) is 9.47 Å². The zero-order chi connectivity index (χ0) is 24.3. The fourth-order valence-electron chi connectivity index (χ4n) is 5.13. The molecule has 2 saturated heterocycles. The van der Waals surface area contributed by atoms with Gasteiger partial charge in [-0.25, -0.2) is 8.42 Å². The Labute approximate surface area is 207 Å². The molecule has 1 amide bonds. The average Bonchev–Trinajstić information content (AvgIpc) is 3.20. The minimum absolute atomic E-state index is 0.113. The van der Waals surface area contributed by atoms with Crippen LogP contribution in [0.1, 0.15) is 50.1 Å². The van der Waals surface area contributed by atoms with E-state index in [0.29, 0.717) is 32.0 Å². The molecule has 2 aromatic rings. The van der Waals surface area contributed by atoms with E-state index in [1.165, 1.54) is 0 Å². The molecule has 1 N–H and O–H groups in total. The molecule has 0 aromatic heterocycles. The summed E-state index contributed by atoms with van der Waals surface area (Å²) in [5, 5.41) is 2.92. The van der Waals surface area contributed by atoms with Crippen molar-refractivity contribution in [2.24, 2.45) is 0 Å². The lowest BCUT2D eigenvalue weighted by atomic mass is 10.0. The molecule has 0 spiro atoms. The van der Waals surface area contributed by atoms with Crippen LogP contribution in [0, 0.1) is 0 Å². The van der Waals surface area contributed by atoms with Gasteiger partial charge in [0.2, 0.25) is 15.9 Å². The van der Waals surface area contributed by atoms with Crippen LogP contribution < -0.4 is 14.8 Å². The number of hydrogen-bond donors (Lipinski definition) is 1. The molecular weight excluding hydrogens is 466 g/mol. The smallest absolute Gasteiger partial charge is 0.243 e. The zero-order valence-corrected chi connectivity index (χ0v) is 20.8. The van der Waals surface area contributed by atoms with Crippen molar-refractivity contribution in [3.63, 3.8) is 0 Å². The van der Waals surface area contributed by atoms with Crippen LogP contribution >= 0.6 is 0 Å². The van der Waals surface area contributed by atoms with E-state index in [1.807, 2.05) is 12.1 Å². The standard InChI is InChI=1S/C26H33N3O5S/c30-26(27-21-8-10-22(11-9-21)35(31,32)29-14-2-1-3-15-29)19-28-13-4-6-23(28)20-7-12-24-25(18-20)34-17-5-16-33-24/h7-12,18,23H,1-6,13-17,19H2,(H,27,30)/t23-/m0/s1. The Hall–Kier alpha value is -2.62. The van der Waals surface area contributed by atoms with Crippen molar-refractivity contribution in [2.45, 2.75) is 49.5 Å². The summed E-state index contributed by atoms with van der Waals surface area (Å²) in [5.74, 6) is 1.44. The van der Waals surface area contributed by atoms with Gasteiger partial charge in [0, 0.05) is 31.2 Å². The molecule has 1 atom stereocenters. The lowest BCUT2D eigenvalue weighted by Gasteiger charge is -2.26. The number of sulfonamides is 1. The number of piperidine rings is 1. The van der Waals surface area contributed by atoms with Crippen LogP contribution in [0.2, 0.25) is 0 Å². The Balaban J connectivity index is 1.21. The summed E-state index contributed by atoms with van der Waals surface area (Å²) in [6, 6.07) is 12.7. The molecule has 0 saturated carbocycles. The predicted octanol–water partition coefficient (Wildman–Crippen LogP) is 3.80. The number of amides is 1. The number of benzene rings is 2. The fourth-order valence-corrected chi connectivity index (χ4v) is 6.65. The van der Waals surface area contributed by atoms with E-state index in [0.717, 1.165) is 62.1 Å². The summed E-state index contributed by atoms with van der Waals surface area (Å²) in [4.78, 5) is 15.3. The van der Waals surface area contributed by atoms with Gasteiger partial charge in [0.25, 0.3) is 0 Å². The Bertz CT molecular complexity index is 1150. The first kappa shape index (κ1) is 24.1. The van der Waals surface area contributed by atoms with Gasteiger partial charge >= 0.3 is 0 Å². The van der Waals surface area contributed by atoms with Crippen LogP contribution in [0.3, 0.4) is 0 Å². The molecule has 0 bridgehead atoms. The predicted molar refractivity (Wildman–Crippen MR) is 133 cm³/mol. The lowest BCUT2D eigenvalue weighted by molar-refractivity contribution is -0.117. The highest BCUT2D eigenvalue weighted by atomic mass is 32.2. The Morgan fingerprint density at radius 3 is 2.40 bits per heavy atom. The number of rotatable bonds is 6. The summed E-state index contributed by atoms with van der Waals surface area (Å²) in [5.41, 5.74) is 1.73. The first-order valence-electron chi connectivity index (χ1n) is 12.5. The second-order valence-electron chi connectivity index (χ2n) is 9.42. The van der Waals surface area contributed by atoms with Gasteiger partial charge in [-0.2, -0.15) is 4.31 Å². The molecule has 0 unspecified atom stereocenters. The number of fused-ring (bicyclic) bond motifs is 1. The van der Waals surface area contributed by atoms with E-state index in [1.54, 1.807) is 28.6 Å². The molecule has 0 radical (unpaired) electrons. The van der Waals surface area contributed by atoms with Crippen molar-refractivity contribution < 1.29 is 22.7 Å². The number of nitrogens with one attached hydrogen (secondary N) is 1. The minimum atomic E-state index is -3.48. The molecule has 5 rings (SSSR count). The second kappa shape index (κ2) is 10.6. The van der Waals surface area contributed by atoms with Crippen molar-refractivity contribution in [3.05, 3.63) is 48.0 Å². The van der Waals surface area contributed by atoms with Gasteiger partial charge in [-0.15, -0.1) is 0 Å². The molecular formula is C26H33N3O5S. The number of carbonyl (C=O) groups is 1. The quantitative estimate of drug-likeness (QED) is 0.651. The van der Waals surface area contributed by atoms with Gasteiger partial charge in [0.15, 0.2) is 11.5 Å². The molecule has 188 valence electrons. The highest BCUT2D eigenvalue weighted by Gasteiger charge is 2.29. The third-order valence-corrected chi connectivity index (χ3v) is 8.87. The number of hydrogen-bond acceptors (Lipinski definition) is 6. The van der Waals surface area contributed by atoms with E-state index in [-0.39, 0.29) is 23.4 Å². The van der Waals surface area contributed by atoms with Gasteiger partial charge in [0.05, 0.1) is 24.7 Å². The van der Waals surface area contributed by atoms with Gasteiger partial charge in [-0.1, -0.05) is 12.5 Å². The third kappa shape index (κ3) is 5.47. The maximum Gasteiger partial charge on any atom is 0.243 e. The Morgan fingerprint density at radius 2 is 1.63 bits per heavy atom. The minimum Gasteiger partial charge on any atom is -0.490 e. The molecule has 2 fully saturated rings. The summed E-state index contributed by atoms with van der Waals surface area (Å²) >= 11 is 0. The van der Waals surface area contributed by atoms with Gasteiger partial charge in [0.1, 0.15) is 0 Å². The first-order valence-corrected chi connectivity index (χ1v) is 14.0. The zero-order valence-electron chi connectivity index (χ0n) is 19.9. The molecule has 35 heavy (non-hydrogen) atoms. The molecule has 0 aliphatic carbocycles. The normalized spacial score (nSPS) is 21.4. The SMILES string of the molecule is O=C(CN1CCC[C@H]1c1ccc2c(c1)OCCCO2)Nc1ccc(S(=O)(=O)N2CCCCC2)cc1. The first-order chi connectivity index (χ1) is 17.0. The average molecular weight is 500 g/mol. The van der Waals surface area contributed by atoms with E-state index in [2.05, 4.69) is 16.3 Å². The topological polar surface area (TPSA) is 88.2 Å². The van der Waals surface area contributed by atoms with Crippen molar-refractivity contribution in [1.29, 1.82) is 0 Å².